The van der Waals surface area contributed by atoms with E-state index < -0.39 is 0 Å². The first-order valence-corrected chi connectivity index (χ1v) is 21.7. The van der Waals surface area contributed by atoms with Crippen LogP contribution in [0.2, 0.25) is 0 Å². The van der Waals surface area contributed by atoms with Gasteiger partial charge in [0, 0.05) is 49.0 Å². The summed E-state index contributed by atoms with van der Waals surface area (Å²) in [4.78, 5) is 11.2. The number of hydrogen-bond acceptors (Lipinski definition) is 4. The Morgan fingerprint density at radius 3 is 1.78 bits per heavy atom. The van der Waals surface area contributed by atoms with E-state index in [4.69, 9.17) is 18.8 Å². The molecule has 0 saturated carbocycles. The molecule has 0 fully saturated rings. The highest BCUT2D eigenvalue weighted by Gasteiger charge is 2.28. The van der Waals surface area contributed by atoms with E-state index in [1.807, 2.05) is 18.2 Å². The molecule has 64 heavy (non-hydrogen) atoms. The van der Waals surface area contributed by atoms with Crippen molar-refractivity contribution >= 4 is 120 Å². The Bertz CT molecular complexity index is 4490. The molecule has 6 heteroatoms. The third-order valence-corrected chi connectivity index (χ3v) is 13.5. The number of para-hydroxylation sites is 4. The number of furan rings is 2. The van der Waals surface area contributed by atoms with Gasteiger partial charge in [-0.25, -0.2) is 4.98 Å². The van der Waals surface area contributed by atoms with Gasteiger partial charge in [-0.1, -0.05) is 152 Å². The van der Waals surface area contributed by atoms with Crippen LogP contribution in [0.4, 0.5) is 0 Å². The molecule has 0 unspecified atom stereocenters. The first-order valence-electron chi connectivity index (χ1n) is 21.7. The van der Waals surface area contributed by atoms with Gasteiger partial charge in [-0.2, -0.15) is 4.98 Å². The maximum atomic E-state index is 6.89. The van der Waals surface area contributed by atoms with Gasteiger partial charge >= 0.3 is 0 Å². The third-order valence-electron chi connectivity index (χ3n) is 13.5. The van der Waals surface area contributed by atoms with E-state index in [0.29, 0.717) is 11.7 Å². The van der Waals surface area contributed by atoms with Crippen molar-refractivity contribution in [2.45, 2.75) is 0 Å². The zero-order valence-corrected chi connectivity index (χ0v) is 34.1. The fourth-order valence-corrected chi connectivity index (χ4v) is 10.9. The predicted octanol–water partition coefficient (Wildman–Crippen LogP) is 15.6. The van der Waals surface area contributed by atoms with Crippen LogP contribution in [0.3, 0.4) is 0 Å². The summed E-state index contributed by atoms with van der Waals surface area (Å²) in [5.41, 5.74) is 9.81. The standard InChI is InChI=1S/C58H32N4O2/c1-2-17-35(18-3-1)61-45-31-29-33-15-5-7-20-37(33)50(45)51-39-22-9-8-21-38(39)49-40-23-10-12-27-44(40)62(54(49)55(51)61)58-59-53(52-41-24-11-13-28-46(41)64-57(52)60-58)43-26-14-25-42-48-36-19-6-4-16-34(36)30-32-47(48)63-56(42)43/h1-32H. The third kappa shape index (κ3) is 4.38. The van der Waals surface area contributed by atoms with Gasteiger partial charge in [0.05, 0.1) is 33.1 Å². The summed E-state index contributed by atoms with van der Waals surface area (Å²) < 4.78 is 18.4. The Balaban J connectivity index is 1.16. The predicted molar refractivity (Wildman–Crippen MR) is 263 cm³/mol. The minimum atomic E-state index is 0.511. The smallest absolute Gasteiger partial charge is 0.238 e. The van der Waals surface area contributed by atoms with Crippen molar-refractivity contribution in [3.63, 3.8) is 0 Å². The summed E-state index contributed by atoms with van der Waals surface area (Å²) in [7, 11) is 0. The van der Waals surface area contributed by atoms with E-state index in [1.54, 1.807) is 0 Å². The SMILES string of the molecule is c1ccc(-n2c3ccc4ccccc4c3c3c4ccccc4c4c5ccccc5n(-c5nc(-c6cccc7c6oc6ccc8ccccc8c67)c6c(n5)oc5ccccc56)c4c32)cc1. The van der Waals surface area contributed by atoms with Crippen LogP contribution in [-0.4, -0.2) is 19.1 Å². The topological polar surface area (TPSA) is 61.9 Å². The van der Waals surface area contributed by atoms with Gasteiger partial charge in [-0.05, 0) is 74.8 Å². The molecule has 10 aromatic carbocycles. The lowest BCUT2D eigenvalue weighted by molar-refractivity contribution is 0.651. The van der Waals surface area contributed by atoms with E-state index in [2.05, 4.69) is 185 Å². The molecule has 0 N–H and O–H groups in total. The molecule has 5 heterocycles. The zero-order chi connectivity index (χ0) is 41.6. The van der Waals surface area contributed by atoms with Crippen molar-refractivity contribution < 1.29 is 8.83 Å². The Kier molecular flexibility index (Phi) is 6.59. The summed E-state index contributed by atoms with van der Waals surface area (Å²) in [6.07, 6.45) is 0. The van der Waals surface area contributed by atoms with Gasteiger partial charge in [0.25, 0.3) is 0 Å². The van der Waals surface area contributed by atoms with Crippen molar-refractivity contribution in [3.8, 4) is 22.9 Å². The van der Waals surface area contributed by atoms with Crippen molar-refractivity contribution in [3.05, 3.63) is 194 Å². The number of rotatable bonds is 3. The zero-order valence-electron chi connectivity index (χ0n) is 34.1. The highest BCUT2D eigenvalue weighted by molar-refractivity contribution is 6.39. The average molecular weight is 817 g/mol. The van der Waals surface area contributed by atoms with Gasteiger partial charge in [0.1, 0.15) is 16.7 Å². The molecule has 0 amide bonds. The first kappa shape index (κ1) is 33.9. The van der Waals surface area contributed by atoms with Gasteiger partial charge < -0.3 is 13.4 Å². The van der Waals surface area contributed by atoms with Crippen molar-refractivity contribution in [1.29, 1.82) is 0 Å². The van der Waals surface area contributed by atoms with E-state index in [-0.39, 0.29) is 0 Å². The Morgan fingerprint density at radius 1 is 0.344 bits per heavy atom. The van der Waals surface area contributed by atoms with E-state index in [1.165, 1.54) is 37.7 Å². The highest BCUT2D eigenvalue weighted by atomic mass is 16.3. The van der Waals surface area contributed by atoms with Crippen LogP contribution in [0.15, 0.2) is 203 Å². The van der Waals surface area contributed by atoms with Crippen LogP contribution in [0.25, 0.3) is 143 Å². The molecule has 15 aromatic rings. The highest BCUT2D eigenvalue weighted by Crippen LogP contribution is 2.49. The van der Waals surface area contributed by atoms with Crippen molar-refractivity contribution in [2.24, 2.45) is 0 Å². The fourth-order valence-electron chi connectivity index (χ4n) is 10.9. The van der Waals surface area contributed by atoms with Gasteiger partial charge in [-0.3, -0.25) is 4.57 Å². The summed E-state index contributed by atoms with van der Waals surface area (Å²) in [5.74, 6) is 0.512. The monoisotopic (exact) mass is 816 g/mol. The lowest BCUT2D eigenvalue weighted by atomic mass is 9.96. The van der Waals surface area contributed by atoms with Crippen molar-refractivity contribution in [2.75, 3.05) is 0 Å². The molecule has 0 aliphatic rings. The summed E-state index contributed by atoms with van der Waals surface area (Å²) in [6.45, 7) is 0. The van der Waals surface area contributed by atoms with Crippen LogP contribution in [0.5, 0.6) is 0 Å². The van der Waals surface area contributed by atoms with Crippen LogP contribution in [0, 0.1) is 0 Å². The molecule has 0 saturated heterocycles. The largest absolute Gasteiger partial charge is 0.455 e. The van der Waals surface area contributed by atoms with Crippen LogP contribution >= 0.6 is 0 Å². The van der Waals surface area contributed by atoms with Gasteiger partial charge in [-0.15, -0.1) is 0 Å². The number of benzene rings is 10. The number of nitrogens with zero attached hydrogens (tertiary/aromatic N) is 4. The summed E-state index contributed by atoms with van der Waals surface area (Å²) in [6, 6.07) is 68.8. The van der Waals surface area contributed by atoms with Crippen LogP contribution < -0.4 is 0 Å². The Labute approximate surface area is 363 Å². The Hall–Kier alpha value is -8.74. The molecular weight excluding hydrogens is 785 g/mol. The second kappa shape index (κ2) is 12.4. The Morgan fingerprint density at radius 2 is 0.969 bits per heavy atom. The molecule has 5 aromatic heterocycles. The van der Waals surface area contributed by atoms with Gasteiger partial charge in [0.2, 0.25) is 11.7 Å². The molecular formula is C58H32N4O2. The quantitative estimate of drug-likeness (QED) is 0.178. The minimum absolute atomic E-state index is 0.511. The lowest BCUT2D eigenvalue weighted by Gasteiger charge is -2.14. The minimum Gasteiger partial charge on any atom is -0.455 e. The number of hydrogen-bond donors (Lipinski definition) is 0. The van der Waals surface area contributed by atoms with E-state index in [0.717, 1.165) is 93.5 Å². The molecule has 0 spiro atoms. The fraction of sp³-hybridized carbons (Fsp3) is 0. The number of aromatic nitrogens is 4. The van der Waals surface area contributed by atoms with E-state index >= 15 is 0 Å². The molecule has 6 nitrogen and oxygen atoms in total. The van der Waals surface area contributed by atoms with Crippen LogP contribution in [-0.2, 0) is 0 Å². The van der Waals surface area contributed by atoms with E-state index in [9.17, 15) is 0 Å². The molecule has 15 rings (SSSR count). The first-order chi connectivity index (χ1) is 31.8. The average Bonchev–Trinajstić information content (AvgIpc) is 4.12. The molecule has 0 aliphatic carbocycles. The normalized spacial score (nSPS) is 12.4. The van der Waals surface area contributed by atoms with Crippen LogP contribution in [0.1, 0.15) is 0 Å². The second-order valence-electron chi connectivity index (χ2n) is 16.8. The molecule has 0 radical (unpaired) electrons. The maximum Gasteiger partial charge on any atom is 0.238 e. The summed E-state index contributed by atoms with van der Waals surface area (Å²) >= 11 is 0. The molecule has 0 bridgehead atoms. The van der Waals surface area contributed by atoms with Gasteiger partial charge in [0.15, 0.2) is 0 Å². The number of fused-ring (bicyclic) bond motifs is 20. The second-order valence-corrected chi connectivity index (χ2v) is 16.8. The molecule has 0 aliphatic heterocycles. The maximum absolute atomic E-state index is 6.89. The molecule has 0 atom stereocenters. The summed E-state index contributed by atoms with van der Waals surface area (Å²) in [5, 5.41) is 15.7. The molecule has 296 valence electrons. The van der Waals surface area contributed by atoms with Crippen molar-refractivity contribution in [1.82, 2.24) is 19.1 Å². The lowest BCUT2D eigenvalue weighted by Crippen LogP contribution is -2.04.